The third-order valence-electron chi connectivity index (χ3n) is 3.18. The van der Waals surface area contributed by atoms with Gasteiger partial charge in [0.25, 0.3) is 0 Å². The Morgan fingerprint density at radius 3 is 1.04 bits per heavy atom. The van der Waals surface area contributed by atoms with Crippen molar-refractivity contribution >= 4 is 40.3 Å². The molecular weight excluding hydrogens is 389 g/mol. The highest BCUT2D eigenvalue weighted by Crippen LogP contribution is 2.32. The quantitative estimate of drug-likeness (QED) is 0.631. The molecule has 0 amide bonds. The van der Waals surface area contributed by atoms with Crippen molar-refractivity contribution in [2.45, 2.75) is 0 Å². The molecule has 0 saturated carbocycles. The van der Waals surface area contributed by atoms with Gasteiger partial charge in [-0.25, -0.2) is 0 Å². The molecule has 3 rings (SSSR count). The van der Waals surface area contributed by atoms with Crippen molar-refractivity contribution < 1.29 is 23.2 Å². The van der Waals surface area contributed by atoms with E-state index < -0.39 is 24.4 Å². The van der Waals surface area contributed by atoms with Crippen LogP contribution in [0.15, 0.2) is 91.0 Å². The van der Waals surface area contributed by atoms with E-state index in [1.807, 2.05) is 0 Å². The van der Waals surface area contributed by atoms with E-state index in [-0.39, 0.29) is 0 Å². The molecule has 3 aromatic carbocycles. The highest BCUT2D eigenvalue weighted by Gasteiger charge is 2.31. The van der Waals surface area contributed by atoms with Gasteiger partial charge in [0.15, 0.2) is 4.31 Å². The molecule has 0 heterocycles. The van der Waals surface area contributed by atoms with E-state index in [2.05, 4.69) is 95.3 Å². The summed E-state index contributed by atoms with van der Waals surface area (Å²) in [4.78, 5) is 15.3. The molecule has 26 heavy (non-hydrogen) atoms. The molecule has 2 unspecified atom stereocenters. The van der Waals surface area contributed by atoms with Crippen molar-refractivity contribution in [3.05, 3.63) is 91.0 Å². The minimum atomic E-state index is -2.92. The second kappa shape index (κ2) is 11.0. The summed E-state index contributed by atoms with van der Waals surface area (Å²) in [6, 6.07) is 32.3. The predicted molar refractivity (Wildman–Crippen MR) is 106 cm³/mol. The Balaban J connectivity index is 0.000000298. The standard InChI is InChI=1S/C18H15P.O5P2/c1-4-10-16(11-5-1)19(17-12-6-2-7-13-17)18-14-8-3-9-15-18;1-6(2)5-7(3)4/h1-15H;/p+2. The van der Waals surface area contributed by atoms with Crippen LogP contribution in [0.1, 0.15) is 0 Å². The van der Waals surface area contributed by atoms with Crippen LogP contribution in [0.2, 0.25) is 0 Å². The first kappa shape index (κ1) is 20.5. The van der Waals surface area contributed by atoms with Crippen LogP contribution in [0.25, 0.3) is 0 Å². The first-order valence-corrected chi connectivity index (χ1v) is 11.1. The van der Waals surface area contributed by atoms with Gasteiger partial charge in [-0.3, -0.25) is 0 Å². The van der Waals surface area contributed by atoms with Crippen LogP contribution in [-0.4, -0.2) is 9.79 Å². The fraction of sp³-hybridized carbons (Fsp3) is 0. The van der Waals surface area contributed by atoms with Crippen molar-refractivity contribution in [3.8, 4) is 0 Å². The first-order chi connectivity index (χ1) is 12.6. The number of benzene rings is 3. The Hall–Kier alpha value is -1.83. The van der Waals surface area contributed by atoms with Gasteiger partial charge < -0.3 is 0 Å². The van der Waals surface area contributed by atoms with Crippen molar-refractivity contribution in [1.29, 1.82) is 0 Å². The Kier molecular flexibility index (Phi) is 8.67. The van der Waals surface area contributed by atoms with E-state index in [1.54, 1.807) is 0 Å². The molecule has 0 aliphatic rings. The molecule has 0 saturated heterocycles. The lowest BCUT2D eigenvalue weighted by atomic mass is 10.4. The molecule has 2 N–H and O–H groups in total. The van der Waals surface area contributed by atoms with Crippen LogP contribution in [0, 0.1) is 0 Å². The smallest absolute Gasteiger partial charge is 0.131 e. The van der Waals surface area contributed by atoms with E-state index in [0.717, 1.165) is 0 Å². The van der Waals surface area contributed by atoms with Crippen LogP contribution in [0.3, 0.4) is 0 Å². The molecule has 0 fully saturated rings. The van der Waals surface area contributed by atoms with E-state index >= 15 is 0 Å². The summed E-state index contributed by atoms with van der Waals surface area (Å²) in [5.41, 5.74) is 0. The zero-order chi connectivity index (χ0) is 18.8. The fourth-order valence-electron chi connectivity index (χ4n) is 2.24. The zero-order valence-corrected chi connectivity index (χ0v) is 16.3. The van der Waals surface area contributed by atoms with Gasteiger partial charge >= 0.3 is 16.5 Å². The molecule has 0 aromatic heterocycles. The fourth-order valence-corrected chi connectivity index (χ4v) is 5.02. The van der Waals surface area contributed by atoms with Gasteiger partial charge in [-0.15, -0.1) is 9.79 Å². The molecule has 0 radical (unpaired) electrons. The zero-order valence-electron chi connectivity index (χ0n) is 13.6. The molecule has 8 heteroatoms. The summed E-state index contributed by atoms with van der Waals surface area (Å²) in [7, 11) is -6.29. The van der Waals surface area contributed by atoms with Crippen LogP contribution in [0.4, 0.5) is 0 Å². The van der Waals surface area contributed by atoms with Crippen molar-refractivity contribution in [2.75, 3.05) is 0 Å². The summed E-state index contributed by atoms with van der Waals surface area (Å²) in [5, 5.41) is 4.19. The maximum absolute atomic E-state index is 9.39. The van der Waals surface area contributed by atoms with Gasteiger partial charge in [-0.2, -0.15) is 0 Å². The predicted octanol–water partition coefficient (Wildman–Crippen LogP) is 3.75. The highest BCUT2D eigenvalue weighted by molar-refractivity contribution is 7.79. The van der Waals surface area contributed by atoms with Gasteiger partial charge in [0.05, 0.1) is 0 Å². The van der Waals surface area contributed by atoms with Crippen molar-refractivity contribution in [3.63, 3.8) is 0 Å². The Morgan fingerprint density at radius 1 is 0.577 bits per heavy atom. The lowest BCUT2D eigenvalue weighted by molar-refractivity contribution is 0.371. The van der Waals surface area contributed by atoms with Gasteiger partial charge in [0, 0.05) is 9.13 Å². The topological polar surface area (TPSA) is 83.8 Å². The third kappa shape index (κ3) is 6.82. The summed E-state index contributed by atoms with van der Waals surface area (Å²) < 4.78 is 22.2. The summed E-state index contributed by atoms with van der Waals surface area (Å²) in [5.74, 6) is 0. The molecule has 3 aromatic rings. The molecule has 5 nitrogen and oxygen atoms in total. The van der Waals surface area contributed by atoms with Gasteiger partial charge in [-0.05, 0) is 23.8 Å². The summed E-state index contributed by atoms with van der Waals surface area (Å²) >= 11 is 0. The second-order valence-electron chi connectivity index (χ2n) is 4.90. The average Bonchev–Trinajstić information content (AvgIpc) is 2.64. The normalized spacial score (nSPS) is 11.3. The summed E-state index contributed by atoms with van der Waals surface area (Å²) in [6.45, 7) is 0. The Labute approximate surface area is 155 Å². The van der Waals surface area contributed by atoms with E-state index in [0.29, 0.717) is 0 Å². The molecule has 0 aliphatic carbocycles. The minimum absolute atomic E-state index is 0.446. The third-order valence-corrected chi connectivity index (χ3v) is 6.74. The van der Waals surface area contributed by atoms with Gasteiger partial charge in [0.2, 0.25) is 0 Å². The van der Waals surface area contributed by atoms with Crippen molar-refractivity contribution in [1.82, 2.24) is 0 Å². The van der Waals surface area contributed by atoms with Crippen LogP contribution < -0.4 is 15.9 Å². The van der Waals surface area contributed by atoms with Crippen LogP contribution in [-0.2, 0) is 13.4 Å². The average molecular weight is 406 g/mol. The molecule has 0 spiro atoms. The van der Waals surface area contributed by atoms with Crippen LogP contribution >= 0.6 is 24.4 Å². The van der Waals surface area contributed by atoms with Crippen molar-refractivity contribution in [2.24, 2.45) is 0 Å². The monoisotopic (exact) mass is 406 g/mol. The SMILES string of the molecule is O=[P+](O)O[P+](=O)O.c1ccc(P(c2ccccc2)c2ccccc2)cc1. The molecule has 0 bridgehead atoms. The van der Waals surface area contributed by atoms with Crippen LogP contribution in [0.5, 0.6) is 0 Å². The highest BCUT2D eigenvalue weighted by atomic mass is 31.2. The number of hydrogen-bond acceptors (Lipinski definition) is 3. The van der Waals surface area contributed by atoms with E-state index in [4.69, 9.17) is 9.79 Å². The minimum Gasteiger partial charge on any atom is -0.131 e. The first-order valence-electron chi connectivity index (χ1n) is 7.53. The maximum Gasteiger partial charge on any atom is 0.745 e. The molecule has 132 valence electrons. The number of hydrogen-bond donors (Lipinski definition) is 2. The van der Waals surface area contributed by atoms with Gasteiger partial charge in [-0.1, -0.05) is 91.0 Å². The Morgan fingerprint density at radius 2 is 0.846 bits per heavy atom. The number of rotatable bonds is 5. The molecule has 2 atom stereocenters. The lowest BCUT2D eigenvalue weighted by Crippen LogP contribution is -2.20. The Bertz CT molecular complexity index is 723. The maximum atomic E-state index is 9.39. The van der Waals surface area contributed by atoms with E-state index in [9.17, 15) is 9.13 Å². The summed E-state index contributed by atoms with van der Waals surface area (Å²) in [6.07, 6.45) is 0. The lowest BCUT2D eigenvalue weighted by Gasteiger charge is -2.18. The molecular formula is C18H17O5P3+2. The van der Waals surface area contributed by atoms with E-state index in [1.165, 1.54) is 15.9 Å². The molecule has 0 aliphatic heterocycles. The second-order valence-corrected chi connectivity index (χ2v) is 8.72. The largest absolute Gasteiger partial charge is 0.745 e. The van der Waals surface area contributed by atoms with Gasteiger partial charge in [0.1, 0.15) is 0 Å².